The van der Waals surface area contributed by atoms with Crippen molar-refractivity contribution in [2.75, 3.05) is 20.1 Å². The Morgan fingerprint density at radius 2 is 2.14 bits per heavy atom. The van der Waals surface area contributed by atoms with Gasteiger partial charge in [0.2, 0.25) is 0 Å². The number of hydrogen-bond acceptors (Lipinski definition) is 4. The number of benzene rings is 1. The predicted molar refractivity (Wildman–Crippen MR) is 91.9 cm³/mol. The first-order valence-corrected chi connectivity index (χ1v) is 7.54. The van der Waals surface area contributed by atoms with Crippen LogP contribution in [0.5, 0.6) is 0 Å². The maximum absolute atomic E-state index is 12.1. The molecule has 1 aromatic carbocycles. The van der Waals surface area contributed by atoms with Crippen molar-refractivity contribution in [3.05, 3.63) is 40.1 Å². The highest BCUT2D eigenvalue weighted by Crippen LogP contribution is 2.17. The lowest BCUT2D eigenvalue weighted by Gasteiger charge is -2.05. The Balaban J connectivity index is 0.00000242. The van der Waals surface area contributed by atoms with Crippen LogP contribution in [0.3, 0.4) is 0 Å². The summed E-state index contributed by atoms with van der Waals surface area (Å²) in [6.07, 6.45) is 0.876. The van der Waals surface area contributed by atoms with Crippen LogP contribution >= 0.6 is 28.3 Å². The predicted octanol–water partition coefficient (Wildman–Crippen LogP) is 2.10. The van der Waals surface area contributed by atoms with Crippen LogP contribution in [0.1, 0.15) is 22.6 Å². The Hall–Kier alpha value is -1.44. The number of aromatic nitrogens is 3. The molecule has 120 valence electrons. The molecule has 0 saturated heterocycles. The van der Waals surface area contributed by atoms with Gasteiger partial charge in [0, 0.05) is 11.0 Å². The van der Waals surface area contributed by atoms with E-state index in [-0.39, 0.29) is 18.3 Å². The minimum Gasteiger partial charge on any atom is -0.351 e. The normalized spacial score (nSPS) is 10.1. The second-order valence-corrected chi connectivity index (χ2v) is 5.54. The standard InChI is InChI=1S/C14H18BrN5O.ClH/c1-10-13(14(21)17-8-4-7-16-2)18-19-20(10)12-6-3-5-11(15)9-12;/h3,5-6,9,16H,4,7-8H2,1-2H3,(H,17,21);1H. The SMILES string of the molecule is CNCCCNC(=O)c1nnn(-c2cccc(Br)c2)c1C.Cl. The third-order valence-corrected chi connectivity index (χ3v) is 3.54. The fourth-order valence-corrected chi connectivity index (χ4v) is 2.33. The van der Waals surface area contributed by atoms with E-state index in [4.69, 9.17) is 0 Å². The molecule has 0 spiro atoms. The molecular weight excluding hydrogens is 370 g/mol. The first kappa shape index (κ1) is 18.6. The summed E-state index contributed by atoms with van der Waals surface area (Å²) in [4.78, 5) is 12.1. The molecule has 0 bridgehead atoms. The molecule has 2 rings (SSSR count). The highest BCUT2D eigenvalue weighted by atomic mass is 79.9. The number of halogens is 2. The molecule has 1 heterocycles. The van der Waals surface area contributed by atoms with E-state index in [1.807, 2.05) is 38.2 Å². The summed E-state index contributed by atoms with van der Waals surface area (Å²) in [6.45, 7) is 3.32. The molecule has 0 saturated carbocycles. The van der Waals surface area contributed by atoms with E-state index in [1.54, 1.807) is 4.68 Å². The molecule has 2 aromatic rings. The van der Waals surface area contributed by atoms with Gasteiger partial charge in [-0.3, -0.25) is 4.79 Å². The van der Waals surface area contributed by atoms with E-state index >= 15 is 0 Å². The Morgan fingerprint density at radius 3 is 2.82 bits per heavy atom. The summed E-state index contributed by atoms with van der Waals surface area (Å²) < 4.78 is 2.61. The lowest BCUT2D eigenvalue weighted by Crippen LogP contribution is -2.27. The third-order valence-electron chi connectivity index (χ3n) is 3.05. The van der Waals surface area contributed by atoms with Gasteiger partial charge >= 0.3 is 0 Å². The highest BCUT2D eigenvalue weighted by Gasteiger charge is 2.16. The number of amides is 1. The van der Waals surface area contributed by atoms with Crippen LogP contribution in [-0.2, 0) is 0 Å². The van der Waals surface area contributed by atoms with Crippen molar-refractivity contribution in [3.8, 4) is 5.69 Å². The van der Waals surface area contributed by atoms with Gasteiger partial charge in [-0.15, -0.1) is 17.5 Å². The zero-order chi connectivity index (χ0) is 15.2. The average molecular weight is 389 g/mol. The molecule has 0 fully saturated rings. The second-order valence-electron chi connectivity index (χ2n) is 4.63. The first-order valence-electron chi connectivity index (χ1n) is 6.74. The van der Waals surface area contributed by atoms with Crippen molar-refractivity contribution in [1.29, 1.82) is 0 Å². The van der Waals surface area contributed by atoms with Gasteiger partial charge in [0.25, 0.3) is 5.91 Å². The molecule has 2 N–H and O–H groups in total. The fraction of sp³-hybridized carbons (Fsp3) is 0.357. The van der Waals surface area contributed by atoms with Gasteiger partial charge < -0.3 is 10.6 Å². The summed E-state index contributed by atoms with van der Waals surface area (Å²) in [6, 6.07) is 7.69. The third kappa shape index (κ3) is 4.53. The van der Waals surface area contributed by atoms with Gasteiger partial charge in [0.05, 0.1) is 11.4 Å². The molecule has 0 radical (unpaired) electrons. The number of nitrogens with zero attached hydrogens (tertiary/aromatic N) is 3. The smallest absolute Gasteiger partial charge is 0.273 e. The molecule has 8 heteroatoms. The Labute approximate surface area is 144 Å². The number of hydrogen-bond donors (Lipinski definition) is 2. The van der Waals surface area contributed by atoms with E-state index in [0.717, 1.165) is 28.8 Å². The first-order chi connectivity index (χ1) is 10.1. The topological polar surface area (TPSA) is 71.8 Å². The largest absolute Gasteiger partial charge is 0.351 e. The van der Waals surface area contributed by atoms with Gasteiger partial charge in [0.1, 0.15) is 0 Å². The molecule has 6 nitrogen and oxygen atoms in total. The summed E-state index contributed by atoms with van der Waals surface area (Å²) in [5, 5.41) is 13.9. The van der Waals surface area contributed by atoms with Gasteiger partial charge in [-0.2, -0.15) is 0 Å². The van der Waals surface area contributed by atoms with E-state index in [0.29, 0.717) is 12.2 Å². The number of carbonyl (C=O) groups excluding carboxylic acids is 1. The molecule has 0 aliphatic carbocycles. The summed E-state index contributed by atoms with van der Waals surface area (Å²) in [5.41, 5.74) is 1.95. The van der Waals surface area contributed by atoms with Crippen LogP contribution in [0.2, 0.25) is 0 Å². The van der Waals surface area contributed by atoms with Crippen molar-refractivity contribution in [2.24, 2.45) is 0 Å². The summed E-state index contributed by atoms with van der Waals surface area (Å²) in [7, 11) is 1.88. The Kier molecular flexibility index (Phi) is 7.50. The van der Waals surface area contributed by atoms with Gasteiger partial charge in [-0.1, -0.05) is 27.2 Å². The molecular formula is C14H19BrClN5O. The van der Waals surface area contributed by atoms with Gasteiger partial charge in [-0.05, 0) is 45.1 Å². The molecule has 1 amide bonds. The minimum absolute atomic E-state index is 0. The van der Waals surface area contributed by atoms with Crippen LogP contribution in [0.25, 0.3) is 5.69 Å². The second kappa shape index (κ2) is 8.87. The molecule has 22 heavy (non-hydrogen) atoms. The maximum Gasteiger partial charge on any atom is 0.273 e. The fourth-order valence-electron chi connectivity index (χ4n) is 1.94. The van der Waals surface area contributed by atoms with Crippen LogP contribution < -0.4 is 10.6 Å². The highest BCUT2D eigenvalue weighted by molar-refractivity contribution is 9.10. The van der Waals surface area contributed by atoms with E-state index < -0.39 is 0 Å². The molecule has 0 aliphatic heterocycles. The lowest BCUT2D eigenvalue weighted by atomic mass is 10.3. The van der Waals surface area contributed by atoms with E-state index in [9.17, 15) is 4.79 Å². The van der Waals surface area contributed by atoms with E-state index in [1.165, 1.54) is 0 Å². The monoisotopic (exact) mass is 387 g/mol. The van der Waals surface area contributed by atoms with Crippen molar-refractivity contribution >= 4 is 34.2 Å². The van der Waals surface area contributed by atoms with Crippen LogP contribution in [0, 0.1) is 6.92 Å². The van der Waals surface area contributed by atoms with Crippen LogP contribution in [0.15, 0.2) is 28.7 Å². The molecule has 0 aliphatic rings. The average Bonchev–Trinajstić information content (AvgIpc) is 2.85. The van der Waals surface area contributed by atoms with Crippen molar-refractivity contribution < 1.29 is 4.79 Å². The van der Waals surface area contributed by atoms with Gasteiger partial charge in [-0.25, -0.2) is 4.68 Å². The van der Waals surface area contributed by atoms with Crippen LogP contribution in [-0.4, -0.2) is 41.0 Å². The van der Waals surface area contributed by atoms with Gasteiger partial charge in [0.15, 0.2) is 5.69 Å². The zero-order valence-electron chi connectivity index (χ0n) is 12.5. The summed E-state index contributed by atoms with van der Waals surface area (Å²) >= 11 is 3.42. The quantitative estimate of drug-likeness (QED) is 0.743. The Morgan fingerprint density at radius 1 is 1.36 bits per heavy atom. The maximum atomic E-state index is 12.1. The van der Waals surface area contributed by atoms with Crippen molar-refractivity contribution in [1.82, 2.24) is 25.6 Å². The lowest BCUT2D eigenvalue weighted by molar-refractivity contribution is 0.0947. The van der Waals surface area contributed by atoms with Crippen molar-refractivity contribution in [3.63, 3.8) is 0 Å². The molecule has 0 atom stereocenters. The van der Waals surface area contributed by atoms with E-state index in [2.05, 4.69) is 36.9 Å². The number of carbonyl (C=O) groups is 1. The molecule has 1 aromatic heterocycles. The number of rotatable bonds is 6. The number of nitrogens with one attached hydrogen (secondary N) is 2. The van der Waals surface area contributed by atoms with Crippen molar-refractivity contribution in [2.45, 2.75) is 13.3 Å². The molecule has 0 unspecified atom stereocenters. The van der Waals surface area contributed by atoms with Crippen LogP contribution in [0.4, 0.5) is 0 Å². The minimum atomic E-state index is -0.190. The summed E-state index contributed by atoms with van der Waals surface area (Å²) in [5.74, 6) is -0.190. The zero-order valence-corrected chi connectivity index (χ0v) is 14.9. The Bertz CT molecular complexity index is 631.